The molecule has 1 aliphatic rings. The van der Waals surface area contributed by atoms with Gasteiger partial charge in [-0.25, -0.2) is 5.43 Å². The first-order valence-electron chi connectivity index (χ1n) is 7.44. The van der Waals surface area contributed by atoms with Crippen LogP contribution in [0, 0.1) is 5.92 Å². The molecule has 0 aromatic heterocycles. The first kappa shape index (κ1) is 19.2. The number of carbonyl (C=O) groups excluding carboxylic acids is 1. The van der Waals surface area contributed by atoms with Crippen molar-refractivity contribution in [3.63, 3.8) is 0 Å². The molecule has 1 fully saturated rings. The van der Waals surface area contributed by atoms with Gasteiger partial charge in [-0.1, -0.05) is 30.7 Å². The fraction of sp³-hybridized carbons (Fsp3) is 0.533. The number of rotatable bonds is 7. The monoisotopic (exact) mass is 346 g/mol. The van der Waals surface area contributed by atoms with Crippen LogP contribution in [0.15, 0.2) is 24.3 Å². The zero-order chi connectivity index (χ0) is 15.1. The van der Waals surface area contributed by atoms with E-state index < -0.39 is 0 Å². The first-order valence-corrected chi connectivity index (χ1v) is 7.82. The van der Waals surface area contributed by atoms with E-state index in [9.17, 15) is 4.79 Å². The Hall–Kier alpha value is -0.850. The Kier molecular flexibility index (Phi) is 8.75. The van der Waals surface area contributed by atoms with Crippen LogP contribution in [0.25, 0.3) is 0 Å². The Balaban J connectivity index is 0.00000242. The van der Waals surface area contributed by atoms with Crippen molar-refractivity contribution >= 4 is 29.9 Å². The van der Waals surface area contributed by atoms with Gasteiger partial charge in [0.1, 0.15) is 0 Å². The molecule has 0 spiro atoms. The Morgan fingerprint density at radius 2 is 2.18 bits per heavy atom. The van der Waals surface area contributed by atoms with Crippen molar-refractivity contribution in [3.05, 3.63) is 34.9 Å². The van der Waals surface area contributed by atoms with Crippen LogP contribution in [0.2, 0.25) is 5.02 Å². The highest BCUT2D eigenvalue weighted by Crippen LogP contribution is 2.26. The molecule has 5 nitrogen and oxygen atoms in total. The van der Waals surface area contributed by atoms with Crippen LogP contribution < -0.4 is 21.5 Å². The third kappa shape index (κ3) is 5.41. The highest BCUT2D eigenvalue weighted by molar-refractivity contribution is 6.30. The molecule has 1 heterocycles. The molecule has 124 valence electrons. The first-order chi connectivity index (χ1) is 10.2. The zero-order valence-electron chi connectivity index (χ0n) is 12.7. The molecule has 0 radical (unpaired) electrons. The predicted octanol–water partition coefficient (Wildman–Crippen LogP) is 1.64. The summed E-state index contributed by atoms with van der Waals surface area (Å²) in [6, 6.07) is 7.57. The van der Waals surface area contributed by atoms with E-state index in [1.54, 1.807) is 0 Å². The summed E-state index contributed by atoms with van der Waals surface area (Å²) in [4.78, 5) is 12.3. The lowest BCUT2D eigenvalue weighted by Gasteiger charge is -2.18. The van der Waals surface area contributed by atoms with E-state index in [1.165, 1.54) is 0 Å². The van der Waals surface area contributed by atoms with Gasteiger partial charge in [-0.05, 0) is 30.7 Å². The molecular formula is C15H24Cl2N4O. The SMILES string of the molecule is CCCNCCNC(=O)C1CNNC1c1cccc(Cl)c1.Cl. The Morgan fingerprint density at radius 3 is 2.91 bits per heavy atom. The molecule has 1 aromatic carbocycles. The summed E-state index contributed by atoms with van der Waals surface area (Å²) in [7, 11) is 0. The van der Waals surface area contributed by atoms with Gasteiger partial charge in [0.2, 0.25) is 5.91 Å². The minimum Gasteiger partial charge on any atom is -0.354 e. The van der Waals surface area contributed by atoms with E-state index >= 15 is 0 Å². The van der Waals surface area contributed by atoms with Crippen molar-refractivity contribution in [2.45, 2.75) is 19.4 Å². The van der Waals surface area contributed by atoms with Crippen molar-refractivity contribution < 1.29 is 4.79 Å². The molecule has 2 atom stereocenters. The maximum atomic E-state index is 12.3. The van der Waals surface area contributed by atoms with Crippen LogP contribution in [0.3, 0.4) is 0 Å². The fourth-order valence-corrected chi connectivity index (χ4v) is 2.66. The molecule has 2 unspecified atom stereocenters. The Bertz CT molecular complexity index is 473. The van der Waals surface area contributed by atoms with Gasteiger partial charge >= 0.3 is 0 Å². The lowest BCUT2D eigenvalue weighted by Crippen LogP contribution is -2.38. The van der Waals surface area contributed by atoms with Gasteiger partial charge in [-0.15, -0.1) is 12.4 Å². The average molecular weight is 347 g/mol. The normalized spacial score (nSPS) is 20.5. The van der Waals surface area contributed by atoms with Crippen LogP contribution in [-0.2, 0) is 4.79 Å². The third-order valence-electron chi connectivity index (χ3n) is 3.55. The summed E-state index contributed by atoms with van der Waals surface area (Å²) in [5.41, 5.74) is 7.24. The molecule has 0 bridgehead atoms. The quantitative estimate of drug-likeness (QED) is 0.567. The summed E-state index contributed by atoms with van der Waals surface area (Å²) >= 11 is 6.03. The standard InChI is InChI=1S/C15H23ClN4O.ClH/c1-2-6-17-7-8-18-15(21)13-10-19-20-14(13)11-4-3-5-12(16)9-11;/h3-5,9,13-14,17,19-20H,2,6-8,10H2,1H3,(H,18,21);1H. The minimum atomic E-state index is -0.130. The van der Waals surface area contributed by atoms with Crippen molar-refractivity contribution in [2.24, 2.45) is 5.92 Å². The maximum Gasteiger partial charge on any atom is 0.226 e. The molecule has 1 amide bonds. The number of hydrogen-bond acceptors (Lipinski definition) is 4. The number of hydrogen-bond donors (Lipinski definition) is 4. The summed E-state index contributed by atoms with van der Waals surface area (Å²) in [5, 5.41) is 6.94. The zero-order valence-corrected chi connectivity index (χ0v) is 14.3. The molecule has 1 saturated heterocycles. The summed E-state index contributed by atoms with van der Waals surface area (Å²) < 4.78 is 0. The van der Waals surface area contributed by atoms with E-state index in [4.69, 9.17) is 11.6 Å². The molecule has 0 saturated carbocycles. The summed E-state index contributed by atoms with van der Waals surface area (Å²) in [5.74, 6) is -0.0644. The second kappa shape index (κ2) is 10.0. The second-order valence-corrected chi connectivity index (χ2v) is 5.64. The highest BCUT2D eigenvalue weighted by Gasteiger charge is 2.33. The molecule has 0 aliphatic carbocycles. The van der Waals surface area contributed by atoms with E-state index in [0.717, 1.165) is 25.1 Å². The second-order valence-electron chi connectivity index (χ2n) is 5.21. The van der Waals surface area contributed by atoms with Gasteiger partial charge in [0, 0.05) is 24.7 Å². The lowest BCUT2D eigenvalue weighted by atomic mass is 9.94. The van der Waals surface area contributed by atoms with Crippen LogP contribution in [0.4, 0.5) is 0 Å². The number of nitrogens with one attached hydrogen (secondary N) is 4. The number of benzene rings is 1. The number of carbonyl (C=O) groups is 1. The van der Waals surface area contributed by atoms with Crippen LogP contribution in [0.5, 0.6) is 0 Å². The highest BCUT2D eigenvalue weighted by atomic mass is 35.5. The van der Waals surface area contributed by atoms with Crippen molar-refractivity contribution in [1.82, 2.24) is 21.5 Å². The topological polar surface area (TPSA) is 65.2 Å². The van der Waals surface area contributed by atoms with Crippen LogP contribution >= 0.6 is 24.0 Å². The van der Waals surface area contributed by atoms with E-state index in [0.29, 0.717) is 18.1 Å². The van der Waals surface area contributed by atoms with Gasteiger partial charge in [0.15, 0.2) is 0 Å². The fourth-order valence-electron chi connectivity index (χ4n) is 2.46. The summed E-state index contributed by atoms with van der Waals surface area (Å²) in [6.07, 6.45) is 1.10. The van der Waals surface area contributed by atoms with Crippen LogP contribution in [-0.4, -0.2) is 32.1 Å². The minimum absolute atomic E-state index is 0. The number of halogens is 2. The molecule has 1 aromatic rings. The van der Waals surface area contributed by atoms with Crippen molar-refractivity contribution in [1.29, 1.82) is 0 Å². The predicted molar refractivity (Wildman–Crippen MR) is 92.2 cm³/mol. The van der Waals surface area contributed by atoms with Crippen molar-refractivity contribution in [2.75, 3.05) is 26.2 Å². The van der Waals surface area contributed by atoms with Gasteiger partial charge < -0.3 is 10.6 Å². The molecule has 7 heteroatoms. The summed E-state index contributed by atoms with van der Waals surface area (Å²) in [6.45, 7) is 5.17. The van der Waals surface area contributed by atoms with E-state index in [-0.39, 0.29) is 30.3 Å². The molecule has 1 aliphatic heterocycles. The third-order valence-corrected chi connectivity index (χ3v) is 3.79. The molecular weight excluding hydrogens is 323 g/mol. The maximum absolute atomic E-state index is 12.3. The Labute approximate surface area is 142 Å². The van der Waals surface area contributed by atoms with Gasteiger partial charge in [0.25, 0.3) is 0 Å². The number of hydrazine groups is 1. The van der Waals surface area contributed by atoms with Crippen molar-refractivity contribution in [3.8, 4) is 0 Å². The van der Waals surface area contributed by atoms with Gasteiger partial charge in [-0.3, -0.25) is 10.2 Å². The number of amides is 1. The molecule has 2 rings (SSSR count). The smallest absolute Gasteiger partial charge is 0.226 e. The van der Waals surface area contributed by atoms with Gasteiger partial charge in [-0.2, -0.15) is 0 Å². The van der Waals surface area contributed by atoms with Crippen LogP contribution in [0.1, 0.15) is 24.9 Å². The lowest BCUT2D eigenvalue weighted by molar-refractivity contribution is -0.124. The average Bonchev–Trinajstić information content (AvgIpc) is 2.96. The molecule has 22 heavy (non-hydrogen) atoms. The van der Waals surface area contributed by atoms with Gasteiger partial charge in [0.05, 0.1) is 12.0 Å². The molecule has 4 N–H and O–H groups in total. The Morgan fingerprint density at radius 1 is 1.36 bits per heavy atom. The van der Waals surface area contributed by atoms with E-state index in [1.807, 2.05) is 24.3 Å². The largest absolute Gasteiger partial charge is 0.354 e. The van der Waals surface area contributed by atoms with E-state index in [2.05, 4.69) is 28.4 Å².